The standard InChI is InChI=1S/C28H33N3O4S2/c1-6-22(26(32)30(7-2)8-3)37-28-29-24-19-11-9-10-12-23(19)36-25(24)27(33)31(28)16-15-18-13-14-20(34-4)21(17-18)35-5/h9-14,17,22H,6-8,15-16H2,1-5H3/t22-/m1/s1. The van der Waals surface area contributed by atoms with Gasteiger partial charge in [0, 0.05) is 29.7 Å². The Bertz CT molecular complexity index is 1460. The number of carbonyl (C=O) groups is 1. The molecule has 2 aromatic heterocycles. The van der Waals surface area contributed by atoms with E-state index >= 15 is 0 Å². The Balaban J connectivity index is 1.77. The molecule has 0 radical (unpaired) electrons. The molecule has 4 rings (SSSR count). The van der Waals surface area contributed by atoms with Crippen LogP contribution in [-0.4, -0.2) is 52.9 Å². The number of thiophene rings is 1. The highest BCUT2D eigenvalue weighted by Crippen LogP contribution is 2.34. The summed E-state index contributed by atoms with van der Waals surface area (Å²) >= 11 is 2.86. The van der Waals surface area contributed by atoms with Crippen LogP contribution in [0.2, 0.25) is 0 Å². The van der Waals surface area contributed by atoms with Crippen LogP contribution in [0.3, 0.4) is 0 Å². The van der Waals surface area contributed by atoms with Crippen LogP contribution in [0, 0.1) is 0 Å². The number of thioether (sulfide) groups is 1. The van der Waals surface area contributed by atoms with Gasteiger partial charge >= 0.3 is 0 Å². The number of methoxy groups -OCH3 is 2. The van der Waals surface area contributed by atoms with Crippen LogP contribution < -0.4 is 15.0 Å². The predicted octanol–water partition coefficient (Wildman–Crippen LogP) is 5.61. The first-order valence-electron chi connectivity index (χ1n) is 12.5. The van der Waals surface area contributed by atoms with E-state index in [1.807, 2.05) is 68.1 Å². The summed E-state index contributed by atoms with van der Waals surface area (Å²) in [4.78, 5) is 33.9. The van der Waals surface area contributed by atoms with Gasteiger partial charge < -0.3 is 14.4 Å². The second-order valence-electron chi connectivity index (χ2n) is 8.59. The number of hydrogen-bond donors (Lipinski definition) is 0. The number of hydrogen-bond acceptors (Lipinski definition) is 7. The summed E-state index contributed by atoms with van der Waals surface area (Å²) in [5.74, 6) is 1.39. The quantitative estimate of drug-likeness (QED) is 0.182. The Morgan fingerprint density at radius 3 is 2.49 bits per heavy atom. The van der Waals surface area contributed by atoms with Gasteiger partial charge in [-0.1, -0.05) is 43.0 Å². The predicted molar refractivity (Wildman–Crippen MR) is 152 cm³/mol. The molecular weight excluding hydrogens is 506 g/mol. The molecule has 1 amide bonds. The highest BCUT2D eigenvalue weighted by Gasteiger charge is 2.26. The van der Waals surface area contributed by atoms with Gasteiger partial charge in [-0.25, -0.2) is 4.98 Å². The van der Waals surface area contributed by atoms with Crippen molar-refractivity contribution in [2.45, 2.75) is 50.6 Å². The molecule has 0 spiro atoms. The molecule has 9 heteroatoms. The SMILES string of the molecule is CC[C@@H](Sc1nc2c(sc3ccccc32)c(=O)n1CCc1ccc(OC)c(OC)c1)C(=O)N(CC)CC. The molecule has 0 aliphatic carbocycles. The van der Waals surface area contributed by atoms with Gasteiger partial charge in [-0.2, -0.15) is 0 Å². The Morgan fingerprint density at radius 1 is 1.08 bits per heavy atom. The van der Waals surface area contributed by atoms with E-state index in [0.29, 0.717) is 59.3 Å². The first-order valence-corrected chi connectivity index (χ1v) is 14.2. The lowest BCUT2D eigenvalue weighted by molar-refractivity contribution is -0.130. The number of ether oxygens (including phenoxy) is 2. The van der Waals surface area contributed by atoms with Crippen LogP contribution in [0.15, 0.2) is 52.4 Å². The smallest absolute Gasteiger partial charge is 0.272 e. The van der Waals surface area contributed by atoms with Gasteiger partial charge in [-0.3, -0.25) is 14.2 Å². The minimum absolute atomic E-state index is 0.0701. The van der Waals surface area contributed by atoms with Crippen LogP contribution >= 0.6 is 23.1 Å². The average molecular weight is 540 g/mol. The molecule has 0 unspecified atom stereocenters. The minimum atomic E-state index is -0.318. The fourth-order valence-electron chi connectivity index (χ4n) is 4.39. The van der Waals surface area contributed by atoms with Crippen molar-refractivity contribution in [3.8, 4) is 11.5 Å². The Kier molecular flexibility index (Phi) is 8.76. The van der Waals surface area contributed by atoms with E-state index in [0.717, 1.165) is 15.6 Å². The topological polar surface area (TPSA) is 73.7 Å². The average Bonchev–Trinajstić information content (AvgIpc) is 3.30. The third-order valence-corrected chi connectivity index (χ3v) is 8.98. The Morgan fingerprint density at radius 2 is 1.81 bits per heavy atom. The van der Waals surface area contributed by atoms with E-state index < -0.39 is 0 Å². The molecule has 2 heterocycles. The van der Waals surface area contributed by atoms with E-state index in [9.17, 15) is 9.59 Å². The normalized spacial score (nSPS) is 12.1. The number of rotatable bonds is 11. The molecule has 196 valence electrons. The number of aryl methyl sites for hydroxylation is 1. The van der Waals surface area contributed by atoms with Gasteiger partial charge in [0.15, 0.2) is 16.7 Å². The van der Waals surface area contributed by atoms with Crippen molar-refractivity contribution in [3.63, 3.8) is 0 Å². The third-order valence-electron chi connectivity index (χ3n) is 6.49. The van der Waals surface area contributed by atoms with Crippen LogP contribution in [0.25, 0.3) is 20.3 Å². The summed E-state index contributed by atoms with van der Waals surface area (Å²) in [6, 6.07) is 13.7. The number of amides is 1. The molecule has 2 aromatic carbocycles. The van der Waals surface area contributed by atoms with Crippen molar-refractivity contribution in [3.05, 3.63) is 58.4 Å². The Labute approximate surface area is 225 Å². The zero-order chi connectivity index (χ0) is 26.5. The third kappa shape index (κ3) is 5.48. The lowest BCUT2D eigenvalue weighted by Crippen LogP contribution is -2.37. The number of aromatic nitrogens is 2. The van der Waals surface area contributed by atoms with Crippen molar-refractivity contribution in [2.75, 3.05) is 27.3 Å². The highest BCUT2D eigenvalue weighted by molar-refractivity contribution is 8.00. The van der Waals surface area contributed by atoms with Crippen LogP contribution in [-0.2, 0) is 17.8 Å². The molecule has 1 atom stereocenters. The molecule has 0 saturated carbocycles. The van der Waals surface area contributed by atoms with Crippen LogP contribution in [0.4, 0.5) is 0 Å². The summed E-state index contributed by atoms with van der Waals surface area (Å²) in [7, 11) is 3.22. The van der Waals surface area contributed by atoms with Gasteiger partial charge in [0.1, 0.15) is 4.70 Å². The molecule has 4 aromatic rings. The molecule has 0 bridgehead atoms. The van der Waals surface area contributed by atoms with Gasteiger partial charge in [-0.15, -0.1) is 11.3 Å². The van der Waals surface area contributed by atoms with Crippen molar-refractivity contribution in [2.24, 2.45) is 0 Å². The fraction of sp³-hybridized carbons (Fsp3) is 0.393. The van der Waals surface area contributed by atoms with Gasteiger partial charge in [0.25, 0.3) is 5.56 Å². The molecule has 0 aliphatic rings. The first-order chi connectivity index (χ1) is 17.9. The summed E-state index contributed by atoms with van der Waals surface area (Å²) < 4.78 is 14.2. The minimum Gasteiger partial charge on any atom is -0.493 e. The van der Waals surface area contributed by atoms with Crippen molar-refractivity contribution < 1.29 is 14.3 Å². The molecule has 7 nitrogen and oxygen atoms in total. The van der Waals surface area contributed by atoms with Gasteiger partial charge in [0.05, 0.1) is 25.0 Å². The van der Waals surface area contributed by atoms with E-state index in [1.165, 1.54) is 23.1 Å². The van der Waals surface area contributed by atoms with Gasteiger partial charge in [-0.05, 0) is 50.5 Å². The maximum Gasteiger partial charge on any atom is 0.272 e. The maximum absolute atomic E-state index is 13.8. The molecule has 37 heavy (non-hydrogen) atoms. The fourth-order valence-corrected chi connectivity index (χ4v) is 6.60. The number of carbonyl (C=O) groups excluding carboxylic acids is 1. The van der Waals surface area contributed by atoms with E-state index in [4.69, 9.17) is 14.5 Å². The monoisotopic (exact) mass is 539 g/mol. The first kappa shape index (κ1) is 27.0. The zero-order valence-corrected chi connectivity index (χ0v) is 23.6. The maximum atomic E-state index is 13.8. The second kappa shape index (κ2) is 12.0. The van der Waals surface area contributed by atoms with E-state index in [-0.39, 0.29) is 16.7 Å². The summed E-state index contributed by atoms with van der Waals surface area (Å²) in [5.41, 5.74) is 1.66. The second-order valence-corrected chi connectivity index (χ2v) is 10.8. The molecule has 0 N–H and O–H groups in total. The van der Waals surface area contributed by atoms with Crippen molar-refractivity contribution in [1.29, 1.82) is 0 Å². The summed E-state index contributed by atoms with van der Waals surface area (Å²) in [5, 5.41) is 1.23. The lowest BCUT2D eigenvalue weighted by Gasteiger charge is -2.24. The largest absolute Gasteiger partial charge is 0.493 e. The number of fused-ring (bicyclic) bond motifs is 3. The molecule has 0 aliphatic heterocycles. The number of nitrogens with zero attached hydrogens (tertiary/aromatic N) is 3. The van der Waals surface area contributed by atoms with Gasteiger partial charge in [0.2, 0.25) is 5.91 Å². The summed E-state index contributed by atoms with van der Waals surface area (Å²) in [6.07, 6.45) is 1.25. The van der Waals surface area contributed by atoms with Crippen LogP contribution in [0.5, 0.6) is 11.5 Å². The van der Waals surface area contributed by atoms with E-state index in [2.05, 4.69) is 0 Å². The lowest BCUT2D eigenvalue weighted by atomic mass is 10.1. The molecular formula is C28H33N3O4S2. The van der Waals surface area contributed by atoms with E-state index in [1.54, 1.807) is 18.8 Å². The van der Waals surface area contributed by atoms with Crippen molar-refractivity contribution >= 4 is 49.3 Å². The Hall–Kier alpha value is -3.04. The zero-order valence-electron chi connectivity index (χ0n) is 21.9. The number of benzene rings is 2. The van der Waals surface area contributed by atoms with Crippen molar-refractivity contribution in [1.82, 2.24) is 14.5 Å². The molecule has 0 saturated heterocycles. The summed E-state index contributed by atoms with van der Waals surface area (Å²) in [6.45, 7) is 7.72. The van der Waals surface area contributed by atoms with Crippen LogP contribution in [0.1, 0.15) is 32.8 Å². The molecule has 0 fully saturated rings. The highest BCUT2D eigenvalue weighted by atomic mass is 32.2.